The number of nitrogens with zero attached hydrogens (tertiary/aromatic N) is 2. The van der Waals surface area contributed by atoms with E-state index in [0.29, 0.717) is 22.6 Å². The van der Waals surface area contributed by atoms with Crippen molar-refractivity contribution in [3.8, 4) is 0 Å². The molecule has 0 fully saturated rings. The Bertz CT molecular complexity index is 1370. The summed E-state index contributed by atoms with van der Waals surface area (Å²) in [5, 5.41) is 2.67. The Morgan fingerprint density at radius 1 is 0.906 bits per heavy atom. The number of sulfonamides is 2. The maximum absolute atomic E-state index is 12.7. The van der Waals surface area contributed by atoms with Crippen molar-refractivity contribution >= 4 is 43.3 Å². The van der Waals surface area contributed by atoms with E-state index in [4.69, 9.17) is 0 Å². The third-order valence-electron chi connectivity index (χ3n) is 4.32. The van der Waals surface area contributed by atoms with Gasteiger partial charge in [0.05, 0.1) is 16.8 Å². The summed E-state index contributed by atoms with van der Waals surface area (Å²) in [6.45, 7) is 3.34. The minimum atomic E-state index is -3.91. The van der Waals surface area contributed by atoms with Crippen molar-refractivity contribution in [3.63, 3.8) is 0 Å². The van der Waals surface area contributed by atoms with E-state index >= 15 is 0 Å². The van der Waals surface area contributed by atoms with Gasteiger partial charge in [-0.3, -0.25) is 9.52 Å². The second kappa shape index (κ2) is 8.93. The van der Waals surface area contributed by atoms with E-state index in [2.05, 4.69) is 24.7 Å². The molecular weight excluding hydrogens is 454 g/mol. The van der Waals surface area contributed by atoms with Gasteiger partial charge in [0.15, 0.2) is 0 Å². The van der Waals surface area contributed by atoms with Crippen LogP contribution in [0.2, 0.25) is 0 Å². The molecule has 0 unspecified atom stereocenters. The van der Waals surface area contributed by atoms with Crippen molar-refractivity contribution in [1.82, 2.24) is 9.97 Å². The summed E-state index contributed by atoms with van der Waals surface area (Å²) in [6.07, 6.45) is 2.47. The number of aryl methyl sites for hydroxylation is 1. The summed E-state index contributed by atoms with van der Waals surface area (Å²) in [5.41, 5.74) is 2.00. The predicted octanol–water partition coefficient (Wildman–Crippen LogP) is 2.52. The van der Waals surface area contributed by atoms with Gasteiger partial charge in [-0.15, -0.1) is 0 Å². The number of nitrogens with one attached hydrogen (secondary N) is 3. The van der Waals surface area contributed by atoms with Gasteiger partial charge in [-0.05, 0) is 61.9 Å². The molecule has 0 spiro atoms. The van der Waals surface area contributed by atoms with Crippen LogP contribution < -0.4 is 14.8 Å². The molecule has 1 amide bonds. The Morgan fingerprint density at radius 3 is 2.22 bits per heavy atom. The summed E-state index contributed by atoms with van der Waals surface area (Å²) in [6, 6.07) is 11.9. The van der Waals surface area contributed by atoms with Gasteiger partial charge in [0.1, 0.15) is 0 Å². The molecule has 0 aliphatic heterocycles. The molecular formula is C20H21N5O5S2. The van der Waals surface area contributed by atoms with Gasteiger partial charge < -0.3 is 5.32 Å². The molecule has 3 aromatic rings. The Balaban J connectivity index is 1.76. The van der Waals surface area contributed by atoms with Crippen molar-refractivity contribution in [1.29, 1.82) is 0 Å². The maximum atomic E-state index is 12.7. The van der Waals surface area contributed by atoms with Crippen molar-refractivity contribution in [2.24, 2.45) is 0 Å². The number of aromatic nitrogens is 2. The number of hydrogen-bond donors (Lipinski definition) is 3. The number of anilines is 3. The molecule has 2 aromatic carbocycles. The minimum Gasteiger partial charge on any atom is -0.322 e. The number of benzene rings is 2. The highest BCUT2D eigenvalue weighted by Crippen LogP contribution is 2.22. The van der Waals surface area contributed by atoms with Gasteiger partial charge in [0, 0.05) is 23.1 Å². The van der Waals surface area contributed by atoms with Crippen LogP contribution in [0.25, 0.3) is 0 Å². The third kappa shape index (κ3) is 5.80. The van der Waals surface area contributed by atoms with Crippen molar-refractivity contribution in [2.75, 3.05) is 21.0 Å². The number of rotatable bonds is 7. The zero-order valence-electron chi connectivity index (χ0n) is 17.4. The van der Waals surface area contributed by atoms with E-state index in [0.717, 1.165) is 6.26 Å². The molecule has 0 bridgehead atoms. The molecule has 0 saturated heterocycles. The van der Waals surface area contributed by atoms with Crippen molar-refractivity contribution in [2.45, 2.75) is 18.7 Å². The molecule has 1 heterocycles. The van der Waals surface area contributed by atoms with Gasteiger partial charge in [0.25, 0.3) is 15.9 Å². The molecule has 0 aliphatic rings. The summed E-state index contributed by atoms with van der Waals surface area (Å²) in [5.74, 6) is -0.512. The zero-order valence-corrected chi connectivity index (χ0v) is 19.1. The fraction of sp³-hybridized carbons (Fsp3) is 0.150. The van der Waals surface area contributed by atoms with E-state index in [1.165, 1.54) is 30.5 Å². The Labute approximate surface area is 186 Å². The first-order valence-corrected chi connectivity index (χ1v) is 12.6. The summed E-state index contributed by atoms with van der Waals surface area (Å²) in [4.78, 5) is 20.5. The summed E-state index contributed by atoms with van der Waals surface area (Å²) < 4.78 is 52.7. The highest BCUT2D eigenvalue weighted by atomic mass is 32.2. The maximum Gasteiger partial charge on any atom is 0.264 e. The standard InChI is InChI=1S/C20H21N5O5S2/c1-13-11-12-21-20(22-13)25-32(29,30)16-9-7-15(8-10-16)23-19(26)17-5-4-6-18(14(17)2)24-31(3,27)28/h4-12,24H,1-3H3,(H,23,26)(H,21,22,25). The van der Waals surface area contributed by atoms with Crippen LogP contribution in [0.1, 0.15) is 21.6 Å². The highest BCUT2D eigenvalue weighted by molar-refractivity contribution is 7.92. The molecule has 1 aromatic heterocycles. The minimum absolute atomic E-state index is 0.0314. The molecule has 0 saturated carbocycles. The first kappa shape index (κ1) is 23.2. The predicted molar refractivity (Wildman–Crippen MR) is 122 cm³/mol. The molecule has 12 heteroatoms. The fourth-order valence-electron chi connectivity index (χ4n) is 2.78. The summed E-state index contributed by atoms with van der Waals surface area (Å²) in [7, 11) is -7.41. The topological polar surface area (TPSA) is 147 Å². The van der Waals surface area contributed by atoms with Gasteiger partial charge >= 0.3 is 0 Å². The Hall–Kier alpha value is -3.51. The van der Waals surface area contributed by atoms with Crippen LogP contribution in [0.5, 0.6) is 0 Å². The average molecular weight is 476 g/mol. The second-order valence-corrected chi connectivity index (χ2v) is 10.4. The van der Waals surface area contributed by atoms with E-state index in [-0.39, 0.29) is 16.4 Å². The molecule has 168 valence electrons. The number of amides is 1. The van der Waals surface area contributed by atoms with Crippen molar-refractivity contribution < 1.29 is 21.6 Å². The lowest BCUT2D eigenvalue weighted by atomic mass is 10.1. The van der Waals surface area contributed by atoms with E-state index < -0.39 is 26.0 Å². The first-order chi connectivity index (χ1) is 14.9. The second-order valence-electron chi connectivity index (χ2n) is 6.96. The summed E-state index contributed by atoms with van der Waals surface area (Å²) >= 11 is 0. The van der Waals surface area contributed by atoms with Crippen LogP contribution in [0.3, 0.4) is 0 Å². The van der Waals surface area contributed by atoms with Gasteiger partial charge in [-0.1, -0.05) is 6.07 Å². The van der Waals surface area contributed by atoms with Crippen LogP contribution in [0.15, 0.2) is 59.6 Å². The SMILES string of the molecule is Cc1ccnc(NS(=O)(=O)c2ccc(NC(=O)c3cccc(NS(C)(=O)=O)c3C)cc2)n1. The van der Waals surface area contributed by atoms with Gasteiger partial charge in [-0.25, -0.2) is 31.5 Å². The largest absolute Gasteiger partial charge is 0.322 e. The van der Waals surface area contributed by atoms with Crippen LogP contribution in [-0.2, 0) is 20.0 Å². The molecule has 32 heavy (non-hydrogen) atoms. The smallest absolute Gasteiger partial charge is 0.264 e. The Morgan fingerprint density at radius 2 is 1.59 bits per heavy atom. The van der Waals surface area contributed by atoms with Crippen LogP contribution in [0, 0.1) is 13.8 Å². The molecule has 0 radical (unpaired) electrons. The third-order valence-corrected chi connectivity index (χ3v) is 6.25. The molecule has 0 aliphatic carbocycles. The highest BCUT2D eigenvalue weighted by Gasteiger charge is 2.17. The quantitative estimate of drug-likeness (QED) is 0.476. The van der Waals surface area contributed by atoms with E-state index in [1.54, 1.807) is 38.1 Å². The zero-order chi connectivity index (χ0) is 23.5. The van der Waals surface area contributed by atoms with Crippen LogP contribution in [0.4, 0.5) is 17.3 Å². The molecule has 10 nitrogen and oxygen atoms in total. The fourth-order valence-corrected chi connectivity index (χ4v) is 4.36. The van der Waals surface area contributed by atoms with E-state index in [9.17, 15) is 21.6 Å². The number of carbonyl (C=O) groups excluding carboxylic acids is 1. The first-order valence-electron chi connectivity index (χ1n) is 9.26. The number of hydrogen-bond acceptors (Lipinski definition) is 7. The lowest BCUT2D eigenvalue weighted by Gasteiger charge is -2.13. The normalized spacial score (nSPS) is 11.6. The molecule has 0 atom stereocenters. The van der Waals surface area contributed by atoms with Gasteiger partial charge in [-0.2, -0.15) is 0 Å². The number of carbonyl (C=O) groups is 1. The van der Waals surface area contributed by atoms with Crippen LogP contribution in [-0.4, -0.2) is 39.0 Å². The Kier molecular flexibility index (Phi) is 6.46. The van der Waals surface area contributed by atoms with Crippen molar-refractivity contribution in [3.05, 3.63) is 71.5 Å². The molecule has 3 rings (SSSR count). The average Bonchev–Trinajstić information content (AvgIpc) is 2.68. The van der Waals surface area contributed by atoms with Crippen LogP contribution >= 0.6 is 0 Å². The lowest BCUT2D eigenvalue weighted by molar-refractivity contribution is 0.102. The van der Waals surface area contributed by atoms with Gasteiger partial charge in [0.2, 0.25) is 16.0 Å². The monoisotopic (exact) mass is 475 g/mol. The molecule has 3 N–H and O–H groups in total. The van der Waals surface area contributed by atoms with E-state index in [1.807, 2.05) is 0 Å². The lowest BCUT2D eigenvalue weighted by Crippen LogP contribution is -2.17.